The van der Waals surface area contributed by atoms with Gasteiger partial charge in [-0.15, -0.1) is 0 Å². The zero-order chi connectivity index (χ0) is 13.9. The van der Waals surface area contributed by atoms with E-state index in [-0.39, 0.29) is 5.97 Å². The summed E-state index contributed by atoms with van der Waals surface area (Å²) in [7, 11) is 0. The Kier molecular flexibility index (Phi) is 6.34. The van der Waals surface area contributed by atoms with Crippen LogP contribution in [0.15, 0.2) is 13.7 Å². The van der Waals surface area contributed by atoms with Gasteiger partial charge >= 0.3 is 5.97 Å². The first-order valence-electron chi connectivity index (χ1n) is 5.64. The summed E-state index contributed by atoms with van der Waals surface area (Å²) in [5, 5.41) is 4.31. The number of carbonyl (C=O) groups excluding carboxylic acids is 1. The van der Waals surface area contributed by atoms with Crippen molar-refractivity contribution in [2.24, 2.45) is 5.92 Å². The lowest BCUT2D eigenvalue weighted by atomic mass is 10.0. The summed E-state index contributed by atoms with van der Waals surface area (Å²) in [5.41, 5.74) is 0. The third-order valence-electron chi connectivity index (χ3n) is 2.31. The second-order valence-electron chi connectivity index (χ2n) is 4.24. The lowest BCUT2D eigenvalue weighted by Gasteiger charge is -2.18. The second-order valence-corrected chi connectivity index (χ2v) is 6.53. The maximum absolute atomic E-state index is 12.0. The Morgan fingerprint density at radius 1 is 1.39 bits per heavy atom. The van der Waals surface area contributed by atoms with Gasteiger partial charge in [-0.25, -0.2) is 9.48 Å². The number of carbonyl (C=O) groups is 1. The molecule has 1 unspecified atom stereocenters. The molecule has 0 aliphatic rings. The van der Waals surface area contributed by atoms with Gasteiger partial charge in [0.1, 0.15) is 9.21 Å². The van der Waals surface area contributed by atoms with Crippen molar-refractivity contribution < 1.29 is 9.53 Å². The van der Waals surface area contributed by atoms with Crippen molar-refractivity contribution in [3.05, 3.63) is 13.7 Å². The molecule has 102 valence electrons. The molecular formula is C11H15Br3N2O2. The number of hydrogen-bond acceptors (Lipinski definition) is 3. The minimum atomic E-state index is -0.415. The Hall–Kier alpha value is 0.120. The third kappa shape index (κ3) is 3.81. The Morgan fingerprint density at radius 2 is 2.00 bits per heavy atom. The van der Waals surface area contributed by atoms with Gasteiger partial charge in [0.05, 0.1) is 11.1 Å². The zero-order valence-electron chi connectivity index (χ0n) is 10.4. The van der Waals surface area contributed by atoms with Crippen LogP contribution in [0.2, 0.25) is 0 Å². The summed E-state index contributed by atoms with van der Waals surface area (Å²) < 4.78 is 8.94. The van der Waals surface area contributed by atoms with E-state index in [0.29, 0.717) is 23.5 Å². The molecule has 0 saturated heterocycles. The lowest BCUT2D eigenvalue weighted by molar-refractivity contribution is -0.148. The molecule has 0 bridgehead atoms. The molecule has 18 heavy (non-hydrogen) atoms. The van der Waals surface area contributed by atoms with Crippen LogP contribution in [0.3, 0.4) is 0 Å². The minimum absolute atomic E-state index is 0.255. The first-order valence-corrected chi connectivity index (χ1v) is 8.02. The fourth-order valence-electron chi connectivity index (χ4n) is 1.56. The summed E-state index contributed by atoms with van der Waals surface area (Å²) in [6, 6.07) is -0.415. The summed E-state index contributed by atoms with van der Waals surface area (Å²) >= 11 is 10.1. The Labute approximate surface area is 132 Å². The van der Waals surface area contributed by atoms with Gasteiger partial charge in [-0.3, -0.25) is 0 Å². The SMILES string of the molecule is CCOC(=O)C(CC(C)C)n1nc(Br)c(Br)c1Br. The summed E-state index contributed by atoms with van der Waals surface area (Å²) in [6.45, 7) is 6.30. The van der Waals surface area contributed by atoms with E-state index in [4.69, 9.17) is 4.74 Å². The molecule has 0 amide bonds. The number of esters is 1. The van der Waals surface area contributed by atoms with Crippen LogP contribution in [0.1, 0.15) is 33.2 Å². The number of aromatic nitrogens is 2. The topological polar surface area (TPSA) is 44.1 Å². The van der Waals surface area contributed by atoms with Crippen molar-refractivity contribution in [2.45, 2.75) is 33.2 Å². The molecule has 1 aromatic heterocycles. The van der Waals surface area contributed by atoms with Gasteiger partial charge in [0.2, 0.25) is 0 Å². The highest BCUT2D eigenvalue weighted by Crippen LogP contribution is 2.34. The highest BCUT2D eigenvalue weighted by Gasteiger charge is 2.27. The first-order chi connectivity index (χ1) is 8.38. The van der Waals surface area contributed by atoms with Crippen LogP contribution in [0.25, 0.3) is 0 Å². The average molecular weight is 447 g/mol. The number of hydrogen-bond donors (Lipinski definition) is 0. The van der Waals surface area contributed by atoms with Crippen LogP contribution in [0, 0.1) is 5.92 Å². The van der Waals surface area contributed by atoms with Crippen molar-refractivity contribution in [1.82, 2.24) is 9.78 Å². The molecule has 0 saturated carbocycles. The van der Waals surface area contributed by atoms with Crippen molar-refractivity contribution in [2.75, 3.05) is 6.61 Å². The predicted molar refractivity (Wildman–Crippen MR) is 80.5 cm³/mol. The van der Waals surface area contributed by atoms with Gasteiger partial charge in [-0.2, -0.15) is 5.10 Å². The molecule has 7 heteroatoms. The van der Waals surface area contributed by atoms with Crippen LogP contribution >= 0.6 is 47.8 Å². The van der Waals surface area contributed by atoms with E-state index >= 15 is 0 Å². The van der Waals surface area contributed by atoms with Gasteiger partial charge in [-0.05, 0) is 67.1 Å². The zero-order valence-corrected chi connectivity index (χ0v) is 15.2. The van der Waals surface area contributed by atoms with Gasteiger partial charge in [0, 0.05) is 0 Å². The van der Waals surface area contributed by atoms with Gasteiger partial charge in [-0.1, -0.05) is 13.8 Å². The van der Waals surface area contributed by atoms with E-state index in [1.807, 2.05) is 0 Å². The molecule has 1 atom stereocenters. The lowest BCUT2D eigenvalue weighted by Crippen LogP contribution is -2.24. The van der Waals surface area contributed by atoms with Crippen LogP contribution in [-0.4, -0.2) is 22.4 Å². The highest BCUT2D eigenvalue weighted by molar-refractivity contribution is 9.14. The van der Waals surface area contributed by atoms with E-state index in [1.54, 1.807) is 11.6 Å². The standard InChI is InChI=1S/C11H15Br3N2O2/c1-4-18-11(17)7(5-6(2)3)16-10(14)8(12)9(13)15-16/h6-7H,4-5H2,1-3H3. The molecule has 0 aromatic carbocycles. The van der Waals surface area contributed by atoms with Crippen molar-refractivity contribution in [3.8, 4) is 0 Å². The first kappa shape index (κ1) is 16.2. The second kappa shape index (κ2) is 7.05. The van der Waals surface area contributed by atoms with Crippen LogP contribution in [0.4, 0.5) is 0 Å². The maximum Gasteiger partial charge on any atom is 0.330 e. The van der Waals surface area contributed by atoms with Crippen molar-refractivity contribution >= 4 is 53.8 Å². The van der Waals surface area contributed by atoms with Gasteiger partial charge < -0.3 is 4.74 Å². The van der Waals surface area contributed by atoms with Gasteiger partial charge in [0.25, 0.3) is 0 Å². The maximum atomic E-state index is 12.0. The molecule has 1 aromatic rings. The molecule has 4 nitrogen and oxygen atoms in total. The third-order valence-corrected chi connectivity index (χ3v) is 5.44. The number of ether oxygens (including phenoxy) is 1. The molecule has 0 N–H and O–H groups in total. The van der Waals surface area contributed by atoms with Crippen molar-refractivity contribution in [3.63, 3.8) is 0 Å². The molecule has 1 rings (SSSR count). The number of halogens is 3. The minimum Gasteiger partial charge on any atom is -0.464 e. The average Bonchev–Trinajstić information content (AvgIpc) is 2.54. The van der Waals surface area contributed by atoms with E-state index in [0.717, 1.165) is 9.08 Å². The van der Waals surface area contributed by atoms with Crippen LogP contribution < -0.4 is 0 Å². The molecular weight excluding hydrogens is 432 g/mol. The monoisotopic (exact) mass is 444 g/mol. The van der Waals surface area contributed by atoms with E-state index < -0.39 is 6.04 Å². The molecule has 1 heterocycles. The largest absolute Gasteiger partial charge is 0.464 e. The summed E-state index contributed by atoms with van der Waals surface area (Å²) in [6.07, 6.45) is 0.679. The van der Waals surface area contributed by atoms with E-state index in [9.17, 15) is 4.79 Å². The van der Waals surface area contributed by atoms with Crippen LogP contribution in [-0.2, 0) is 9.53 Å². The fraction of sp³-hybridized carbons (Fsp3) is 0.636. The smallest absolute Gasteiger partial charge is 0.330 e. The predicted octanol–water partition coefficient (Wildman–Crippen LogP) is 4.32. The molecule has 0 radical (unpaired) electrons. The molecule has 0 fully saturated rings. The highest BCUT2D eigenvalue weighted by atomic mass is 79.9. The van der Waals surface area contributed by atoms with Gasteiger partial charge in [0.15, 0.2) is 6.04 Å². The molecule has 0 spiro atoms. The number of nitrogens with zero attached hydrogens (tertiary/aromatic N) is 2. The summed E-state index contributed by atoms with van der Waals surface area (Å²) in [4.78, 5) is 12.0. The van der Waals surface area contributed by atoms with Crippen molar-refractivity contribution in [1.29, 1.82) is 0 Å². The molecule has 0 aliphatic carbocycles. The Bertz CT molecular complexity index is 432. The van der Waals surface area contributed by atoms with Crippen LogP contribution in [0.5, 0.6) is 0 Å². The Balaban J connectivity index is 3.08. The van der Waals surface area contributed by atoms with E-state index in [1.165, 1.54) is 0 Å². The quantitative estimate of drug-likeness (QED) is 0.633. The van der Waals surface area contributed by atoms with E-state index in [2.05, 4.69) is 66.7 Å². The Morgan fingerprint density at radius 3 is 2.39 bits per heavy atom. The normalized spacial score (nSPS) is 12.8. The summed E-state index contributed by atoms with van der Waals surface area (Å²) in [5.74, 6) is 0.113. The molecule has 0 aliphatic heterocycles. The number of rotatable bonds is 5. The fourth-order valence-corrected chi connectivity index (χ4v) is 2.96.